The number of aliphatic hydroxyl groups excluding tert-OH is 1. The van der Waals surface area contributed by atoms with Gasteiger partial charge in [-0.25, -0.2) is 0 Å². The van der Waals surface area contributed by atoms with E-state index in [0.717, 1.165) is 75.8 Å². The normalized spacial score (nSPS) is 15.5. The van der Waals surface area contributed by atoms with E-state index >= 15 is 0 Å². The molecule has 0 saturated carbocycles. The van der Waals surface area contributed by atoms with Gasteiger partial charge in [-0.2, -0.15) is 0 Å². The molecule has 0 aromatic heterocycles. The Morgan fingerprint density at radius 3 is 1.64 bits per heavy atom. The lowest BCUT2D eigenvalue weighted by atomic mass is 9.92. The SMILES string of the molecule is CCCC(C)CCCC(CCC)C1=NCCO1.CCCCCCCC(CCC)OCCNC(=O)C(CCC)CCCC(C)CCC.CCCCCCCC(O)CCC. The Balaban J connectivity index is 0. The monoisotopic (exact) mass is 823 g/mol. The molecule has 0 spiro atoms. The molecule has 6 atom stereocenters. The zero-order valence-electron chi connectivity index (χ0n) is 41.1. The lowest BCUT2D eigenvalue weighted by molar-refractivity contribution is -0.125. The van der Waals surface area contributed by atoms with E-state index in [9.17, 15) is 9.90 Å². The Morgan fingerprint density at radius 1 is 0.586 bits per heavy atom. The van der Waals surface area contributed by atoms with E-state index in [1.165, 1.54) is 148 Å². The van der Waals surface area contributed by atoms with Crippen molar-refractivity contribution in [3.05, 3.63) is 0 Å². The summed E-state index contributed by atoms with van der Waals surface area (Å²) in [7, 11) is 0. The van der Waals surface area contributed by atoms with Crippen molar-refractivity contribution in [3.63, 3.8) is 0 Å². The predicted octanol–water partition coefficient (Wildman–Crippen LogP) is 15.6. The van der Waals surface area contributed by atoms with Gasteiger partial charge in [0.1, 0.15) is 6.61 Å². The number of ether oxygens (including phenoxy) is 2. The topological polar surface area (TPSA) is 80.2 Å². The molecule has 6 unspecified atom stereocenters. The maximum Gasteiger partial charge on any atom is 0.223 e. The Labute approximate surface area is 364 Å². The van der Waals surface area contributed by atoms with Crippen molar-refractivity contribution >= 4 is 11.8 Å². The third-order valence-electron chi connectivity index (χ3n) is 11.9. The van der Waals surface area contributed by atoms with E-state index in [4.69, 9.17) is 9.47 Å². The molecule has 6 heteroatoms. The summed E-state index contributed by atoms with van der Waals surface area (Å²) < 4.78 is 11.7. The summed E-state index contributed by atoms with van der Waals surface area (Å²) in [6.45, 7) is 25.5. The van der Waals surface area contributed by atoms with Crippen molar-refractivity contribution in [1.82, 2.24) is 5.32 Å². The third-order valence-corrected chi connectivity index (χ3v) is 11.9. The molecule has 1 heterocycles. The summed E-state index contributed by atoms with van der Waals surface area (Å²) in [4.78, 5) is 17.1. The van der Waals surface area contributed by atoms with E-state index in [0.29, 0.717) is 25.2 Å². The van der Waals surface area contributed by atoms with Crippen molar-refractivity contribution in [2.75, 3.05) is 26.3 Å². The average molecular weight is 823 g/mol. The molecule has 0 radical (unpaired) electrons. The van der Waals surface area contributed by atoms with Gasteiger partial charge >= 0.3 is 0 Å². The van der Waals surface area contributed by atoms with E-state index in [1.807, 2.05) is 0 Å². The van der Waals surface area contributed by atoms with E-state index in [1.54, 1.807) is 0 Å². The van der Waals surface area contributed by atoms with Gasteiger partial charge in [-0.3, -0.25) is 9.79 Å². The molecule has 0 aromatic rings. The number of hydrogen-bond acceptors (Lipinski definition) is 5. The molecule has 1 aliphatic rings. The molecule has 58 heavy (non-hydrogen) atoms. The van der Waals surface area contributed by atoms with Gasteiger partial charge in [-0.15, -0.1) is 0 Å². The van der Waals surface area contributed by atoms with Crippen molar-refractivity contribution in [2.24, 2.45) is 28.7 Å². The summed E-state index contributed by atoms with van der Waals surface area (Å²) in [5.74, 6) is 3.74. The smallest absolute Gasteiger partial charge is 0.223 e. The van der Waals surface area contributed by atoms with Gasteiger partial charge in [0.05, 0.1) is 25.4 Å². The van der Waals surface area contributed by atoms with Crippen LogP contribution in [0.2, 0.25) is 0 Å². The molecule has 0 aliphatic carbocycles. The van der Waals surface area contributed by atoms with Crippen LogP contribution in [0.1, 0.15) is 262 Å². The minimum atomic E-state index is -0.0309. The first-order valence-electron chi connectivity index (χ1n) is 25.9. The number of unbranched alkanes of at least 4 members (excludes halogenated alkanes) is 8. The lowest BCUT2D eigenvalue weighted by Gasteiger charge is -2.19. The van der Waals surface area contributed by atoms with Gasteiger partial charge in [-0.05, 0) is 63.2 Å². The predicted molar refractivity (Wildman–Crippen MR) is 256 cm³/mol. The molecular weight excluding hydrogens is 717 g/mol. The number of amides is 1. The molecule has 1 aliphatic heterocycles. The molecule has 348 valence electrons. The molecular formula is C52H106N2O4. The van der Waals surface area contributed by atoms with Crippen LogP contribution in [0.4, 0.5) is 0 Å². The fourth-order valence-corrected chi connectivity index (χ4v) is 8.41. The lowest BCUT2D eigenvalue weighted by Crippen LogP contribution is -2.34. The van der Waals surface area contributed by atoms with Crippen molar-refractivity contribution in [2.45, 2.75) is 274 Å². The Morgan fingerprint density at radius 2 is 1.12 bits per heavy atom. The molecule has 0 aromatic carbocycles. The molecule has 1 rings (SSSR count). The molecule has 0 fully saturated rings. The summed E-state index contributed by atoms with van der Waals surface area (Å²) in [5, 5.41) is 12.6. The summed E-state index contributed by atoms with van der Waals surface area (Å²) in [5.41, 5.74) is 0. The summed E-state index contributed by atoms with van der Waals surface area (Å²) >= 11 is 0. The van der Waals surface area contributed by atoms with Crippen LogP contribution in [-0.4, -0.2) is 55.4 Å². The Hall–Kier alpha value is -1.14. The third kappa shape index (κ3) is 37.8. The van der Waals surface area contributed by atoms with Crippen LogP contribution in [0.3, 0.4) is 0 Å². The van der Waals surface area contributed by atoms with Crippen LogP contribution in [0, 0.1) is 23.7 Å². The fraction of sp³-hybridized carbons (Fsp3) is 0.962. The highest BCUT2D eigenvalue weighted by Gasteiger charge is 2.20. The number of hydrogen-bond donors (Lipinski definition) is 2. The number of carbonyl (C=O) groups is 1. The summed E-state index contributed by atoms with van der Waals surface area (Å²) in [6.07, 6.45) is 37.2. The number of nitrogens with one attached hydrogen (secondary N) is 1. The second kappa shape index (κ2) is 45.4. The van der Waals surface area contributed by atoms with Gasteiger partial charge in [0.15, 0.2) is 5.90 Å². The largest absolute Gasteiger partial charge is 0.479 e. The highest BCUT2D eigenvalue weighted by atomic mass is 16.5. The van der Waals surface area contributed by atoms with Crippen molar-refractivity contribution in [1.29, 1.82) is 0 Å². The van der Waals surface area contributed by atoms with E-state index < -0.39 is 0 Å². The Bertz CT molecular complexity index is 866. The zero-order valence-corrected chi connectivity index (χ0v) is 41.1. The number of aliphatic hydroxyl groups is 1. The minimum absolute atomic E-state index is 0.0309. The molecule has 0 bridgehead atoms. The molecule has 6 nitrogen and oxygen atoms in total. The highest BCUT2D eigenvalue weighted by Crippen LogP contribution is 2.23. The van der Waals surface area contributed by atoms with Gasteiger partial charge in [0.2, 0.25) is 5.91 Å². The number of rotatable bonds is 38. The van der Waals surface area contributed by atoms with E-state index in [2.05, 4.69) is 79.5 Å². The van der Waals surface area contributed by atoms with Gasteiger partial charge in [0, 0.05) is 18.4 Å². The first-order chi connectivity index (χ1) is 28.2. The number of aliphatic imine (C=N–C) groups is 1. The fourth-order valence-electron chi connectivity index (χ4n) is 8.41. The van der Waals surface area contributed by atoms with Crippen LogP contribution in [-0.2, 0) is 14.3 Å². The molecule has 1 amide bonds. The maximum absolute atomic E-state index is 12.6. The maximum atomic E-state index is 12.6. The van der Waals surface area contributed by atoms with Crippen molar-refractivity contribution in [3.8, 4) is 0 Å². The average Bonchev–Trinajstić information content (AvgIpc) is 3.75. The summed E-state index contributed by atoms with van der Waals surface area (Å²) in [6, 6.07) is 0. The molecule has 0 saturated heterocycles. The number of carbonyl (C=O) groups excluding carboxylic acids is 1. The standard InChI is InChI=1S/C26H53NO2.C15H29NO.C11H24O/c1-6-10-11-12-13-20-25(17-9-4)29-22-21-27-26(28)24(16-8-3)19-14-18-23(5)15-7-2;1-4-7-13(3)9-6-10-14(8-5-2)15-16-11-12-17-15;1-3-5-6-7-8-10-11(12)9-4-2/h23-25H,6-22H2,1-5H3,(H,27,28);13-14H,4-12H2,1-3H3;11-12H,3-10H2,1-2H3. The van der Waals surface area contributed by atoms with Crippen LogP contribution < -0.4 is 5.32 Å². The first kappa shape index (κ1) is 59.0. The van der Waals surface area contributed by atoms with Gasteiger partial charge < -0.3 is 19.9 Å². The van der Waals surface area contributed by atoms with Gasteiger partial charge in [0.25, 0.3) is 0 Å². The Kier molecular flexibility index (Phi) is 46.1. The van der Waals surface area contributed by atoms with E-state index in [-0.39, 0.29) is 17.9 Å². The first-order valence-corrected chi connectivity index (χ1v) is 25.9. The van der Waals surface area contributed by atoms with Crippen LogP contribution >= 0.6 is 0 Å². The second-order valence-electron chi connectivity index (χ2n) is 18.1. The number of nitrogens with zero attached hydrogens (tertiary/aromatic N) is 1. The van der Waals surface area contributed by atoms with Gasteiger partial charge in [-0.1, -0.05) is 210 Å². The van der Waals surface area contributed by atoms with Crippen LogP contribution in [0.5, 0.6) is 0 Å². The van der Waals surface area contributed by atoms with Crippen molar-refractivity contribution < 1.29 is 19.4 Å². The van der Waals surface area contributed by atoms with Crippen LogP contribution in [0.15, 0.2) is 4.99 Å². The second-order valence-corrected chi connectivity index (χ2v) is 18.1. The molecule has 2 N–H and O–H groups in total. The highest BCUT2D eigenvalue weighted by molar-refractivity contribution is 5.79. The minimum Gasteiger partial charge on any atom is -0.479 e. The zero-order chi connectivity index (χ0) is 43.5. The quantitative estimate of drug-likeness (QED) is 0.0608. The van der Waals surface area contributed by atoms with Crippen LogP contribution in [0.25, 0.3) is 0 Å².